The Balaban J connectivity index is 2.02. The van der Waals surface area contributed by atoms with Crippen LogP contribution in [0, 0.1) is 5.82 Å². The lowest BCUT2D eigenvalue weighted by Crippen LogP contribution is -1.83. The summed E-state index contributed by atoms with van der Waals surface area (Å²) < 4.78 is 13.2. The van der Waals surface area contributed by atoms with Crippen LogP contribution in [0.25, 0.3) is 28.5 Å². The molecule has 0 aliphatic carbocycles. The Morgan fingerprint density at radius 3 is 2.90 bits per heavy atom. The van der Waals surface area contributed by atoms with Gasteiger partial charge in [-0.25, -0.2) is 9.37 Å². The summed E-state index contributed by atoms with van der Waals surface area (Å²) in [6, 6.07) is 12.1. The molecule has 21 heavy (non-hydrogen) atoms. The topological polar surface area (TPSA) is 45.8 Å². The Kier molecular flexibility index (Phi) is 3.36. The molecule has 0 bridgehead atoms. The Morgan fingerprint density at radius 2 is 2.10 bits per heavy atom. The number of benzene rings is 2. The Hall–Kier alpha value is -2.75. The first-order valence-electron chi connectivity index (χ1n) is 6.56. The number of imidazole rings is 1. The van der Waals surface area contributed by atoms with Gasteiger partial charge in [0, 0.05) is 11.6 Å². The number of nitrogens with one attached hydrogen (secondary N) is 1. The molecule has 104 valence electrons. The van der Waals surface area contributed by atoms with Crippen LogP contribution in [-0.2, 0) is 4.79 Å². The van der Waals surface area contributed by atoms with Gasteiger partial charge in [-0.3, -0.25) is 4.79 Å². The van der Waals surface area contributed by atoms with Gasteiger partial charge in [-0.2, -0.15) is 0 Å². The van der Waals surface area contributed by atoms with Gasteiger partial charge < -0.3 is 4.98 Å². The number of carbonyl (C=O) groups is 1. The monoisotopic (exact) mass is 280 g/mol. The smallest absolute Gasteiger partial charge is 0.152 e. The molecular formula is C17H13FN2O. The van der Waals surface area contributed by atoms with Gasteiger partial charge in [-0.15, -0.1) is 0 Å². The summed E-state index contributed by atoms with van der Waals surface area (Å²) in [5, 5.41) is 0. The van der Waals surface area contributed by atoms with E-state index in [0.29, 0.717) is 11.3 Å². The number of allylic oxidation sites excluding steroid dienone is 1. The minimum Gasteiger partial charge on any atom is -0.338 e. The summed E-state index contributed by atoms with van der Waals surface area (Å²) in [7, 11) is 0. The fraction of sp³-hybridized carbons (Fsp3) is 0.0588. The van der Waals surface area contributed by atoms with Crippen molar-refractivity contribution in [3.05, 3.63) is 59.9 Å². The molecule has 3 nitrogen and oxygen atoms in total. The van der Waals surface area contributed by atoms with Crippen LogP contribution in [0.5, 0.6) is 0 Å². The van der Waals surface area contributed by atoms with E-state index in [1.807, 2.05) is 24.3 Å². The van der Waals surface area contributed by atoms with Gasteiger partial charge in [0.05, 0.1) is 11.0 Å². The van der Waals surface area contributed by atoms with Crippen LogP contribution in [0.4, 0.5) is 4.39 Å². The fourth-order valence-electron chi connectivity index (χ4n) is 2.12. The predicted molar refractivity (Wildman–Crippen MR) is 81.2 cm³/mol. The summed E-state index contributed by atoms with van der Waals surface area (Å²) in [4.78, 5) is 18.5. The number of fused-ring (bicyclic) bond motifs is 1. The minimum absolute atomic E-state index is 0.000356. The van der Waals surface area contributed by atoms with E-state index in [2.05, 4.69) is 9.97 Å². The van der Waals surface area contributed by atoms with Crippen LogP contribution >= 0.6 is 0 Å². The first kappa shape index (κ1) is 13.2. The highest BCUT2D eigenvalue weighted by atomic mass is 19.1. The number of ketones is 1. The van der Waals surface area contributed by atoms with E-state index < -0.39 is 0 Å². The van der Waals surface area contributed by atoms with Crippen molar-refractivity contribution >= 4 is 22.9 Å². The summed E-state index contributed by atoms with van der Waals surface area (Å²) >= 11 is 0. The minimum atomic E-state index is -0.307. The van der Waals surface area contributed by atoms with Crippen LogP contribution in [0.2, 0.25) is 0 Å². The fourth-order valence-corrected chi connectivity index (χ4v) is 2.12. The van der Waals surface area contributed by atoms with Gasteiger partial charge in [-0.1, -0.05) is 24.3 Å². The highest BCUT2D eigenvalue weighted by Crippen LogP contribution is 2.22. The van der Waals surface area contributed by atoms with Crippen LogP contribution < -0.4 is 0 Å². The third-order valence-corrected chi connectivity index (χ3v) is 3.12. The molecule has 2 aromatic carbocycles. The maximum atomic E-state index is 13.2. The predicted octanol–water partition coefficient (Wildman–Crippen LogP) is 3.97. The standard InChI is InChI=1S/C17H13FN2O/c1-11(21)5-6-12-3-2-4-13(9-12)17-19-15-8-7-14(18)10-16(15)20-17/h2-10H,1H3,(H,19,20)/b6-5+. The summed E-state index contributed by atoms with van der Waals surface area (Å²) in [5.74, 6) is 0.368. The zero-order valence-electron chi connectivity index (χ0n) is 11.4. The maximum Gasteiger partial charge on any atom is 0.152 e. The largest absolute Gasteiger partial charge is 0.338 e. The number of nitrogens with zero attached hydrogens (tertiary/aromatic N) is 1. The molecule has 0 fully saturated rings. The molecule has 1 heterocycles. The molecule has 3 rings (SSSR count). The number of carbonyl (C=O) groups excluding carboxylic acids is 1. The normalized spacial score (nSPS) is 11.3. The Labute approximate surface area is 121 Å². The zero-order valence-corrected chi connectivity index (χ0v) is 11.4. The second-order valence-corrected chi connectivity index (χ2v) is 4.82. The van der Waals surface area contributed by atoms with Crippen LogP contribution in [-0.4, -0.2) is 15.8 Å². The quantitative estimate of drug-likeness (QED) is 0.738. The van der Waals surface area contributed by atoms with E-state index in [9.17, 15) is 9.18 Å². The van der Waals surface area contributed by atoms with E-state index in [4.69, 9.17) is 0 Å². The lowest BCUT2D eigenvalue weighted by atomic mass is 10.1. The average Bonchev–Trinajstić information content (AvgIpc) is 2.88. The second-order valence-electron chi connectivity index (χ2n) is 4.82. The van der Waals surface area contributed by atoms with Gasteiger partial charge in [-0.05, 0) is 36.8 Å². The lowest BCUT2D eigenvalue weighted by Gasteiger charge is -1.98. The number of H-pyrrole nitrogens is 1. The highest BCUT2D eigenvalue weighted by molar-refractivity contribution is 5.91. The van der Waals surface area contributed by atoms with Crippen molar-refractivity contribution < 1.29 is 9.18 Å². The van der Waals surface area contributed by atoms with Crippen molar-refractivity contribution in [2.75, 3.05) is 0 Å². The van der Waals surface area contributed by atoms with E-state index >= 15 is 0 Å². The van der Waals surface area contributed by atoms with Crippen LogP contribution in [0.3, 0.4) is 0 Å². The van der Waals surface area contributed by atoms with E-state index in [1.54, 1.807) is 12.1 Å². The molecule has 1 aromatic heterocycles. The Morgan fingerprint density at radius 1 is 1.24 bits per heavy atom. The first-order chi connectivity index (χ1) is 10.1. The first-order valence-corrected chi connectivity index (χ1v) is 6.56. The highest BCUT2D eigenvalue weighted by Gasteiger charge is 2.06. The summed E-state index contributed by atoms with van der Waals surface area (Å²) in [6.45, 7) is 1.51. The van der Waals surface area contributed by atoms with Gasteiger partial charge >= 0.3 is 0 Å². The molecule has 3 aromatic rings. The molecule has 0 amide bonds. The molecule has 0 saturated carbocycles. The molecule has 0 unspecified atom stereocenters. The van der Waals surface area contributed by atoms with Crippen molar-refractivity contribution in [2.24, 2.45) is 0 Å². The number of hydrogen-bond acceptors (Lipinski definition) is 2. The van der Waals surface area contributed by atoms with Gasteiger partial charge in [0.25, 0.3) is 0 Å². The van der Waals surface area contributed by atoms with Crippen molar-refractivity contribution in [3.63, 3.8) is 0 Å². The molecular weight excluding hydrogens is 267 g/mol. The molecule has 4 heteroatoms. The number of rotatable bonds is 3. The molecule has 0 saturated heterocycles. The lowest BCUT2D eigenvalue weighted by molar-refractivity contribution is -0.112. The van der Waals surface area contributed by atoms with Gasteiger partial charge in [0.1, 0.15) is 11.6 Å². The molecule has 0 atom stereocenters. The number of aromatic amines is 1. The van der Waals surface area contributed by atoms with Gasteiger partial charge in [0.15, 0.2) is 5.78 Å². The molecule has 0 aliphatic rings. The van der Waals surface area contributed by atoms with Crippen molar-refractivity contribution in [2.45, 2.75) is 6.92 Å². The maximum absolute atomic E-state index is 13.2. The van der Waals surface area contributed by atoms with Crippen molar-refractivity contribution in [1.29, 1.82) is 0 Å². The molecule has 1 N–H and O–H groups in total. The SMILES string of the molecule is CC(=O)/C=C/c1cccc(-c2nc3cc(F)ccc3[nH]2)c1. The summed E-state index contributed by atoms with van der Waals surface area (Å²) in [6.07, 6.45) is 3.28. The Bertz CT molecular complexity index is 849. The number of aromatic nitrogens is 2. The molecule has 0 radical (unpaired) electrons. The number of hydrogen-bond donors (Lipinski definition) is 1. The van der Waals surface area contributed by atoms with Gasteiger partial charge in [0.2, 0.25) is 0 Å². The zero-order chi connectivity index (χ0) is 14.8. The van der Waals surface area contributed by atoms with Crippen LogP contribution in [0.15, 0.2) is 48.5 Å². The summed E-state index contributed by atoms with van der Waals surface area (Å²) in [5.41, 5.74) is 3.18. The van der Waals surface area contributed by atoms with E-state index in [0.717, 1.165) is 16.6 Å². The third-order valence-electron chi connectivity index (χ3n) is 3.12. The van der Waals surface area contributed by atoms with E-state index in [1.165, 1.54) is 25.1 Å². The average molecular weight is 280 g/mol. The molecule has 0 aliphatic heterocycles. The molecule has 0 spiro atoms. The second kappa shape index (κ2) is 5.32. The number of halogens is 1. The van der Waals surface area contributed by atoms with E-state index in [-0.39, 0.29) is 11.6 Å². The third kappa shape index (κ3) is 2.89. The van der Waals surface area contributed by atoms with Crippen molar-refractivity contribution in [1.82, 2.24) is 9.97 Å². The van der Waals surface area contributed by atoms with Crippen LogP contribution in [0.1, 0.15) is 12.5 Å². The van der Waals surface area contributed by atoms with Crippen molar-refractivity contribution in [3.8, 4) is 11.4 Å².